The molecule has 0 unspecified atom stereocenters. The molecule has 2 aromatic carbocycles. The van der Waals surface area contributed by atoms with E-state index in [1.165, 1.54) is 23.5 Å². The van der Waals surface area contributed by atoms with Crippen LogP contribution in [0.4, 0.5) is 10.1 Å². The molecule has 19 heavy (non-hydrogen) atoms. The molecule has 3 rings (SSSR count). The molecule has 0 aliphatic heterocycles. The van der Waals surface area contributed by atoms with Crippen molar-refractivity contribution < 1.29 is 4.39 Å². The van der Waals surface area contributed by atoms with Crippen molar-refractivity contribution in [2.75, 3.05) is 5.73 Å². The number of anilines is 1. The van der Waals surface area contributed by atoms with E-state index in [0.717, 1.165) is 15.3 Å². The van der Waals surface area contributed by atoms with Crippen LogP contribution in [-0.4, -0.2) is 4.98 Å². The molecule has 2 nitrogen and oxygen atoms in total. The zero-order valence-corrected chi connectivity index (χ0v) is 10.7. The van der Waals surface area contributed by atoms with Crippen LogP contribution < -0.4 is 5.73 Å². The van der Waals surface area contributed by atoms with Crippen LogP contribution in [0, 0.1) is 18.2 Å². The van der Waals surface area contributed by atoms with Crippen molar-refractivity contribution in [1.82, 2.24) is 4.98 Å². The Morgan fingerprint density at radius 3 is 2.84 bits per heavy atom. The molecule has 4 heteroatoms. The van der Waals surface area contributed by atoms with Crippen molar-refractivity contribution in [3.8, 4) is 22.9 Å². The van der Waals surface area contributed by atoms with Crippen LogP contribution in [0.25, 0.3) is 20.8 Å². The van der Waals surface area contributed by atoms with E-state index in [1.807, 2.05) is 12.1 Å². The summed E-state index contributed by atoms with van der Waals surface area (Å²) in [4.78, 5) is 4.42. The van der Waals surface area contributed by atoms with Crippen molar-refractivity contribution in [3.63, 3.8) is 0 Å². The third kappa shape index (κ3) is 2.05. The second-order valence-corrected chi connectivity index (χ2v) is 5.11. The van der Waals surface area contributed by atoms with Gasteiger partial charge in [-0.3, -0.25) is 0 Å². The van der Waals surface area contributed by atoms with E-state index in [2.05, 4.69) is 10.9 Å². The molecule has 0 amide bonds. The third-order valence-corrected chi connectivity index (χ3v) is 3.89. The summed E-state index contributed by atoms with van der Waals surface area (Å²) in [5.74, 6) is 2.25. The van der Waals surface area contributed by atoms with Gasteiger partial charge in [0.1, 0.15) is 10.8 Å². The van der Waals surface area contributed by atoms with E-state index in [9.17, 15) is 4.39 Å². The number of fused-ring (bicyclic) bond motifs is 1. The SMILES string of the molecule is C#Cc1cc(-c2nc3cc(F)ccc3s2)ccc1N. The monoisotopic (exact) mass is 268 g/mol. The molecule has 92 valence electrons. The molecule has 0 bridgehead atoms. The zero-order valence-electron chi connectivity index (χ0n) is 9.85. The number of terminal acetylenes is 1. The number of thiazole rings is 1. The highest BCUT2D eigenvalue weighted by Gasteiger charge is 2.08. The number of nitrogen functional groups attached to an aromatic ring is 1. The first-order valence-corrected chi connectivity index (χ1v) is 6.41. The Bertz CT molecular complexity index is 815. The maximum absolute atomic E-state index is 13.1. The van der Waals surface area contributed by atoms with Crippen LogP contribution in [0.2, 0.25) is 0 Å². The van der Waals surface area contributed by atoms with Crippen molar-refractivity contribution in [2.24, 2.45) is 0 Å². The fraction of sp³-hybridized carbons (Fsp3) is 0. The second kappa shape index (κ2) is 4.38. The smallest absolute Gasteiger partial charge is 0.125 e. The molecular formula is C15H9FN2S. The van der Waals surface area contributed by atoms with Gasteiger partial charge in [-0.05, 0) is 30.3 Å². The minimum absolute atomic E-state index is 0.286. The van der Waals surface area contributed by atoms with Crippen molar-refractivity contribution >= 4 is 27.2 Å². The quantitative estimate of drug-likeness (QED) is 0.540. The van der Waals surface area contributed by atoms with Crippen LogP contribution in [-0.2, 0) is 0 Å². The molecule has 3 aromatic rings. The van der Waals surface area contributed by atoms with E-state index in [1.54, 1.807) is 12.1 Å². The van der Waals surface area contributed by atoms with Gasteiger partial charge in [0.15, 0.2) is 0 Å². The zero-order chi connectivity index (χ0) is 13.4. The number of nitrogens with zero attached hydrogens (tertiary/aromatic N) is 1. The minimum Gasteiger partial charge on any atom is -0.398 e. The number of halogens is 1. The van der Waals surface area contributed by atoms with Crippen LogP contribution in [0.1, 0.15) is 5.56 Å². The normalized spacial score (nSPS) is 10.5. The lowest BCUT2D eigenvalue weighted by Crippen LogP contribution is -1.90. The largest absolute Gasteiger partial charge is 0.398 e. The molecule has 1 aromatic heterocycles. The number of nitrogens with two attached hydrogens (primary N) is 1. The molecule has 0 saturated heterocycles. The van der Waals surface area contributed by atoms with Gasteiger partial charge >= 0.3 is 0 Å². The van der Waals surface area contributed by atoms with Gasteiger partial charge in [0.05, 0.1) is 10.2 Å². The highest BCUT2D eigenvalue weighted by atomic mass is 32.1. The van der Waals surface area contributed by atoms with Crippen molar-refractivity contribution in [1.29, 1.82) is 0 Å². The highest BCUT2D eigenvalue weighted by Crippen LogP contribution is 2.31. The Morgan fingerprint density at radius 1 is 1.21 bits per heavy atom. The van der Waals surface area contributed by atoms with E-state index >= 15 is 0 Å². The molecule has 0 atom stereocenters. The first-order valence-electron chi connectivity index (χ1n) is 5.60. The number of hydrogen-bond donors (Lipinski definition) is 1. The van der Waals surface area contributed by atoms with Crippen LogP contribution >= 0.6 is 11.3 Å². The summed E-state index contributed by atoms with van der Waals surface area (Å²) in [6, 6.07) is 10.0. The molecule has 0 spiro atoms. The molecule has 0 radical (unpaired) electrons. The molecular weight excluding hydrogens is 259 g/mol. The maximum Gasteiger partial charge on any atom is 0.125 e. The fourth-order valence-corrected chi connectivity index (χ4v) is 2.78. The van der Waals surface area contributed by atoms with Gasteiger partial charge in [-0.1, -0.05) is 5.92 Å². The summed E-state index contributed by atoms with van der Waals surface area (Å²) in [5, 5.41) is 0.803. The molecule has 1 heterocycles. The fourth-order valence-electron chi connectivity index (χ4n) is 1.84. The summed E-state index contributed by atoms with van der Waals surface area (Å²) in [6.07, 6.45) is 5.40. The van der Waals surface area contributed by atoms with E-state index < -0.39 is 0 Å². The summed E-state index contributed by atoms with van der Waals surface area (Å²) in [7, 11) is 0. The Labute approximate surface area is 113 Å². The number of benzene rings is 2. The first-order chi connectivity index (χ1) is 9.17. The summed E-state index contributed by atoms with van der Waals surface area (Å²) in [6.45, 7) is 0. The van der Waals surface area contributed by atoms with E-state index in [0.29, 0.717) is 16.8 Å². The third-order valence-electron chi connectivity index (χ3n) is 2.81. The van der Waals surface area contributed by atoms with E-state index in [-0.39, 0.29) is 5.82 Å². The molecule has 0 aliphatic rings. The number of aromatic nitrogens is 1. The topological polar surface area (TPSA) is 38.9 Å². The van der Waals surface area contributed by atoms with Gasteiger partial charge in [0.2, 0.25) is 0 Å². The number of hydrogen-bond acceptors (Lipinski definition) is 3. The lowest BCUT2D eigenvalue weighted by molar-refractivity contribution is 0.629. The van der Waals surface area contributed by atoms with Gasteiger partial charge in [-0.15, -0.1) is 17.8 Å². The van der Waals surface area contributed by atoms with Gasteiger partial charge < -0.3 is 5.73 Å². The Morgan fingerprint density at radius 2 is 2.05 bits per heavy atom. The van der Waals surface area contributed by atoms with Gasteiger partial charge in [0.25, 0.3) is 0 Å². The Hall–Kier alpha value is -2.38. The Kier molecular flexibility index (Phi) is 2.69. The average Bonchev–Trinajstić information content (AvgIpc) is 2.82. The summed E-state index contributed by atoms with van der Waals surface area (Å²) in [5.41, 5.74) is 8.52. The van der Waals surface area contributed by atoms with Gasteiger partial charge in [-0.25, -0.2) is 9.37 Å². The minimum atomic E-state index is -0.286. The average molecular weight is 268 g/mol. The second-order valence-electron chi connectivity index (χ2n) is 4.08. The predicted octanol–water partition coefficient (Wildman–Crippen LogP) is 3.67. The van der Waals surface area contributed by atoms with Gasteiger partial charge in [0, 0.05) is 22.9 Å². The lowest BCUT2D eigenvalue weighted by atomic mass is 10.1. The number of rotatable bonds is 1. The summed E-state index contributed by atoms with van der Waals surface area (Å²) < 4.78 is 14.1. The molecule has 2 N–H and O–H groups in total. The lowest BCUT2D eigenvalue weighted by Gasteiger charge is -2.00. The van der Waals surface area contributed by atoms with Crippen LogP contribution in [0.5, 0.6) is 0 Å². The highest BCUT2D eigenvalue weighted by molar-refractivity contribution is 7.21. The van der Waals surface area contributed by atoms with Gasteiger partial charge in [-0.2, -0.15) is 0 Å². The Balaban J connectivity index is 2.16. The van der Waals surface area contributed by atoms with Crippen molar-refractivity contribution in [3.05, 3.63) is 47.8 Å². The van der Waals surface area contributed by atoms with Crippen molar-refractivity contribution in [2.45, 2.75) is 0 Å². The molecule has 0 fully saturated rings. The predicted molar refractivity (Wildman–Crippen MR) is 77.4 cm³/mol. The first kappa shape index (κ1) is 11.7. The molecule has 0 aliphatic carbocycles. The maximum atomic E-state index is 13.1. The van der Waals surface area contributed by atoms with Crippen LogP contribution in [0.15, 0.2) is 36.4 Å². The van der Waals surface area contributed by atoms with E-state index in [4.69, 9.17) is 12.2 Å². The summed E-state index contributed by atoms with van der Waals surface area (Å²) >= 11 is 1.50. The van der Waals surface area contributed by atoms with Crippen LogP contribution in [0.3, 0.4) is 0 Å². The standard InChI is InChI=1S/C15H9FN2S/c1-2-9-7-10(3-5-12(9)17)15-18-13-8-11(16)4-6-14(13)19-15/h1,3-8H,17H2. The molecule has 0 saturated carbocycles.